The van der Waals surface area contributed by atoms with E-state index in [0.717, 1.165) is 23.1 Å². The molecule has 0 saturated carbocycles. The molecule has 0 aliphatic carbocycles. The van der Waals surface area contributed by atoms with E-state index < -0.39 is 5.97 Å². The molecule has 0 aliphatic heterocycles. The third-order valence-electron chi connectivity index (χ3n) is 2.17. The van der Waals surface area contributed by atoms with Gasteiger partial charge < -0.3 is 9.84 Å². The lowest BCUT2D eigenvalue weighted by molar-refractivity contribution is -0.131. The molecular formula is C13H16O3S. The summed E-state index contributed by atoms with van der Waals surface area (Å²) in [7, 11) is 1.58. The van der Waals surface area contributed by atoms with E-state index in [2.05, 4.69) is 6.92 Å². The van der Waals surface area contributed by atoms with Crippen molar-refractivity contribution in [3.05, 3.63) is 35.4 Å². The van der Waals surface area contributed by atoms with Crippen molar-refractivity contribution in [1.29, 1.82) is 0 Å². The van der Waals surface area contributed by atoms with Crippen LogP contribution in [0.25, 0.3) is 6.08 Å². The highest BCUT2D eigenvalue weighted by atomic mass is 32.2. The summed E-state index contributed by atoms with van der Waals surface area (Å²) in [5.74, 6) is 1.72. The zero-order chi connectivity index (χ0) is 12.7. The largest absolute Gasteiger partial charge is 0.496 e. The van der Waals surface area contributed by atoms with Gasteiger partial charge in [-0.1, -0.05) is 13.0 Å². The molecule has 92 valence electrons. The number of carboxylic acids is 1. The van der Waals surface area contributed by atoms with Crippen molar-refractivity contribution in [3.8, 4) is 5.75 Å². The molecule has 1 aromatic carbocycles. The number of benzene rings is 1. The number of carbonyl (C=O) groups is 1. The SMILES string of the molecule is CCSCc1ccc(OC)c(C=CC(=O)O)c1. The van der Waals surface area contributed by atoms with E-state index in [1.54, 1.807) is 13.2 Å². The first kappa shape index (κ1) is 13.6. The van der Waals surface area contributed by atoms with Gasteiger partial charge in [0.15, 0.2) is 0 Å². The Labute approximate surface area is 105 Å². The van der Waals surface area contributed by atoms with E-state index in [0.29, 0.717) is 5.75 Å². The molecule has 0 heterocycles. The summed E-state index contributed by atoms with van der Waals surface area (Å²) in [6.45, 7) is 2.11. The Morgan fingerprint density at radius 1 is 1.53 bits per heavy atom. The van der Waals surface area contributed by atoms with Crippen LogP contribution in [0.1, 0.15) is 18.1 Å². The fourth-order valence-electron chi connectivity index (χ4n) is 1.38. The molecule has 0 unspecified atom stereocenters. The first-order chi connectivity index (χ1) is 8.17. The highest BCUT2D eigenvalue weighted by molar-refractivity contribution is 7.98. The van der Waals surface area contributed by atoms with Gasteiger partial charge in [-0.3, -0.25) is 0 Å². The Hall–Kier alpha value is -1.42. The van der Waals surface area contributed by atoms with Crippen LogP contribution in [0, 0.1) is 0 Å². The normalized spacial score (nSPS) is 10.7. The number of methoxy groups -OCH3 is 1. The summed E-state index contributed by atoms with van der Waals surface area (Å²) < 4.78 is 5.19. The van der Waals surface area contributed by atoms with Gasteiger partial charge in [-0.2, -0.15) is 11.8 Å². The Balaban J connectivity index is 2.93. The Morgan fingerprint density at radius 2 is 2.29 bits per heavy atom. The van der Waals surface area contributed by atoms with E-state index in [1.165, 1.54) is 5.56 Å². The average Bonchev–Trinajstić information content (AvgIpc) is 2.33. The summed E-state index contributed by atoms with van der Waals surface area (Å²) in [6.07, 6.45) is 2.68. The minimum atomic E-state index is -0.958. The standard InChI is InChI=1S/C13H16O3S/c1-3-17-9-10-4-6-12(16-2)11(8-10)5-7-13(14)15/h4-8H,3,9H2,1-2H3,(H,14,15). The van der Waals surface area contributed by atoms with E-state index in [-0.39, 0.29) is 0 Å². The van der Waals surface area contributed by atoms with Crippen LogP contribution in [0.4, 0.5) is 0 Å². The van der Waals surface area contributed by atoms with Gasteiger partial charge in [0.25, 0.3) is 0 Å². The molecule has 1 rings (SSSR count). The highest BCUT2D eigenvalue weighted by Crippen LogP contribution is 2.23. The summed E-state index contributed by atoms with van der Waals surface area (Å²) in [6, 6.07) is 5.83. The molecule has 3 nitrogen and oxygen atoms in total. The van der Waals surface area contributed by atoms with Gasteiger partial charge in [0.2, 0.25) is 0 Å². The van der Waals surface area contributed by atoms with Crippen molar-refractivity contribution >= 4 is 23.8 Å². The predicted octanol–water partition coefficient (Wildman–Crippen LogP) is 3.05. The smallest absolute Gasteiger partial charge is 0.328 e. The first-order valence-electron chi connectivity index (χ1n) is 5.33. The third-order valence-corrected chi connectivity index (χ3v) is 3.12. The van der Waals surface area contributed by atoms with Crippen molar-refractivity contribution in [1.82, 2.24) is 0 Å². The molecule has 4 heteroatoms. The maximum Gasteiger partial charge on any atom is 0.328 e. The summed E-state index contributed by atoms with van der Waals surface area (Å²) >= 11 is 1.83. The number of hydrogen-bond acceptors (Lipinski definition) is 3. The summed E-state index contributed by atoms with van der Waals surface area (Å²) in [4.78, 5) is 10.5. The van der Waals surface area contributed by atoms with Crippen molar-refractivity contribution in [2.24, 2.45) is 0 Å². The van der Waals surface area contributed by atoms with Gasteiger partial charge in [-0.15, -0.1) is 0 Å². The highest BCUT2D eigenvalue weighted by Gasteiger charge is 2.02. The van der Waals surface area contributed by atoms with Crippen LogP contribution in [-0.4, -0.2) is 23.9 Å². The maximum atomic E-state index is 10.5. The number of rotatable bonds is 6. The topological polar surface area (TPSA) is 46.5 Å². The summed E-state index contributed by atoms with van der Waals surface area (Å²) in [5, 5.41) is 8.62. The monoisotopic (exact) mass is 252 g/mol. The van der Waals surface area contributed by atoms with Crippen LogP contribution in [0.5, 0.6) is 5.75 Å². The van der Waals surface area contributed by atoms with Crippen LogP contribution in [-0.2, 0) is 10.5 Å². The maximum absolute atomic E-state index is 10.5. The van der Waals surface area contributed by atoms with Crippen LogP contribution in [0.2, 0.25) is 0 Å². The third kappa shape index (κ3) is 4.53. The number of carboxylic acid groups (broad SMARTS) is 1. The van der Waals surface area contributed by atoms with Gasteiger partial charge in [0.05, 0.1) is 7.11 Å². The number of hydrogen-bond donors (Lipinski definition) is 1. The molecule has 0 spiro atoms. The van der Waals surface area contributed by atoms with Crippen LogP contribution in [0.15, 0.2) is 24.3 Å². The van der Waals surface area contributed by atoms with Gasteiger partial charge in [0.1, 0.15) is 5.75 Å². The molecule has 17 heavy (non-hydrogen) atoms. The summed E-state index contributed by atoms with van der Waals surface area (Å²) in [5.41, 5.74) is 1.96. The Bertz CT molecular complexity index is 413. The molecule has 0 saturated heterocycles. The average molecular weight is 252 g/mol. The lowest BCUT2D eigenvalue weighted by Gasteiger charge is -2.07. The molecule has 0 aliphatic rings. The van der Waals surface area contributed by atoms with Gasteiger partial charge in [-0.05, 0) is 29.5 Å². The predicted molar refractivity (Wildman–Crippen MR) is 71.5 cm³/mol. The van der Waals surface area contributed by atoms with Crippen LogP contribution in [0.3, 0.4) is 0 Å². The van der Waals surface area contributed by atoms with Crippen molar-refractivity contribution in [2.45, 2.75) is 12.7 Å². The minimum absolute atomic E-state index is 0.688. The first-order valence-corrected chi connectivity index (χ1v) is 6.48. The van der Waals surface area contributed by atoms with Crippen molar-refractivity contribution in [3.63, 3.8) is 0 Å². The number of ether oxygens (including phenoxy) is 1. The van der Waals surface area contributed by atoms with E-state index in [9.17, 15) is 4.79 Å². The molecule has 0 atom stereocenters. The quantitative estimate of drug-likeness (QED) is 0.790. The van der Waals surface area contributed by atoms with Crippen LogP contribution < -0.4 is 4.74 Å². The minimum Gasteiger partial charge on any atom is -0.496 e. The molecule has 1 aromatic rings. The van der Waals surface area contributed by atoms with Crippen LogP contribution >= 0.6 is 11.8 Å². The zero-order valence-corrected chi connectivity index (χ0v) is 10.8. The fourth-order valence-corrected chi connectivity index (χ4v) is 2.00. The molecular weight excluding hydrogens is 236 g/mol. The molecule has 0 bridgehead atoms. The van der Waals surface area contributed by atoms with E-state index in [1.807, 2.05) is 30.0 Å². The number of thioether (sulfide) groups is 1. The number of aliphatic carboxylic acids is 1. The van der Waals surface area contributed by atoms with Gasteiger partial charge >= 0.3 is 5.97 Å². The van der Waals surface area contributed by atoms with E-state index in [4.69, 9.17) is 9.84 Å². The molecule has 0 fully saturated rings. The van der Waals surface area contributed by atoms with Gasteiger partial charge in [0, 0.05) is 17.4 Å². The fraction of sp³-hybridized carbons (Fsp3) is 0.308. The second-order valence-corrected chi connectivity index (χ2v) is 4.66. The second kappa shape index (κ2) is 7.01. The Morgan fingerprint density at radius 3 is 2.88 bits per heavy atom. The molecule has 0 amide bonds. The van der Waals surface area contributed by atoms with E-state index >= 15 is 0 Å². The lowest BCUT2D eigenvalue weighted by atomic mass is 10.1. The lowest BCUT2D eigenvalue weighted by Crippen LogP contribution is -1.91. The van der Waals surface area contributed by atoms with Crippen molar-refractivity contribution < 1.29 is 14.6 Å². The van der Waals surface area contributed by atoms with Gasteiger partial charge in [-0.25, -0.2) is 4.79 Å². The molecule has 0 aromatic heterocycles. The molecule has 0 radical (unpaired) electrons. The molecule has 1 N–H and O–H groups in total. The second-order valence-electron chi connectivity index (χ2n) is 3.39. The Kier molecular flexibility index (Phi) is 5.63. The van der Waals surface area contributed by atoms with Crippen molar-refractivity contribution in [2.75, 3.05) is 12.9 Å². The zero-order valence-electron chi connectivity index (χ0n) is 9.97.